The first kappa shape index (κ1) is 15.9. The standard InChI is InChI=1S/C15H32N2O/c1-5-8-17(10-9-16(3)4)12-14-11-13(2)6-7-15(14)18/h13-15,18H,5-12H2,1-4H3. The van der Waals surface area contributed by atoms with Crippen molar-refractivity contribution in [1.29, 1.82) is 0 Å². The maximum Gasteiger partial charge on any atom is 0.0580 e. The van der Waals surface area contributed by atoms with E-state index in [0.29, 0.717) is 5.92 Å². The zero-order valence-corrected chi connectivity index (χ0v) is 12.7. The SMILES string of the molecule is CCCN(CCN(C)C)CC1CC(C)CCC1O. The second-order valence-corrected chi connectivity index (χ2v) is 6.35. The van der Waals surface area contributed by atoms with Crippen LogP contribution in [0.5, 0.6) is 0 Å². The molecule has 1 aliphatic carbocycles. The van der Waals surface area contributed by atoms with E-state index in [1.54, 1.807) is 0 Å². The maximum atomic E-state index is 10.1. The number of hydrogen-bond acceptors (Lipinski definition) is 3. The average molecular weight is 256 g/mol. The predicted molar refractivity (Wildman–Crippen MR) is 77.8 cm³/mol. The lowest BCUT2D eigenvalue weighted by atomic mass is 9.80. The van der Waals surface area contributed by atoms with Crippen molar-refractivity contribution in [2.24, 2.45) is 11.8 Å². The third-order valence-electron chi connectivity index (χ3n) is 4.10. The topological polar surface area (TPSA) is 26.7 Å². The molecule has 1 rings (SSSR count). The van der Waals surface area contributed by atoms with Gasteiger partial charge in [0.1, 0.15) is 0 Å². The quantitative estimate of drug-likeness (QED) is 0.755. The summed E-state index contributed by atoms with van der Waals surface area (Å²) in [6.07, 6.45) is 4.53. The normalized spacial score (nSPS) is 29.2. The molecule has 0 radical (unpaired) electrons. The van der Waals surface area contributed by atoms with Crippen LogP contribution in [0.2, 0.25) is 0 Å². The molecule has 0 amide bonds. The fourth-order valence-electron chi connectivity index (χ4n) is 2.96. The van der Waals surface area contributed by atoms with Crippen LogP contribution in [0.3, 0.4) is 0 Å². The Bertz CT molecular complexity index is 221. The molecule has 0 bridgehead atoms. The van der Waals surface area contributed by atoms with Crippen LogP contribution < -0.4 is 0 Å². The molecule has 1 fully saturated rings. The van der Waals surface area contributed by atoms with Crippen LogP contribution in [-0.4, -0.2) is 61.3 Å². The van der Waals surface area contributed by atoms with Gasteiger partial charge in [0.15, 0.2) is 0 Å². The van der Waals surface area contributed by atoms with E-state index in [1.165, 1.54) is 19.3 Å². The Morgan fingerprint density at radius 3 is 2.44 bits per heavy atom. The lowest BCUT2D eigenvalue weighted by Gasteiger charge is -2.35. The van der Waals surface area contributed by atoms with Crippen LogP contribution in [0.1, 0.15) is 39.5 Å². The molecule has 1 saturated carbocycles. The van der Waals surface area contributed by atoms with Crippen LogP contribution in [-0.2, 0) is 0 Å². The smallest absolute Gasteiger partial charge is 0.0580 e. The van der Waals surface area contributed by atoms with Crippen LogP contribution in [0.15, 0.2) is 0 Å². The van der Waals surface area contributed by atoms with Gasteiger partial charge < -0.3 is 14.9 Å². The highest BCUT2D eigenvalue weighted by Crippen LogP contribution is 2.29. The molecule has 3 nitrogen and oxygen atoms in total. The molecular weight excluding hydrogens is 224 g/mol. The number of likely N-dealkylation sites (N-methyl/N-ethyl adjacent to an activating group) is 1. The fourth-order valence-corrected chi connectivity index (χ4v) is 2.96. The number of aliphatic hydroxyl groups excluding tert-OH is 1. The fraction of sp³-hybridized carbons (Fsp3) is 1.00. The second kappa shape index (κ2) is 8.13. The molecule has 0 saturated heterocycles. The zero-order chi connectivity index (χ0) is 13.5. The van der Waals surface area contributed by atoms with Gasteiger partial charge in [0.2, 0.25) is 0 Å². The number of hydrogen-bond donors (Lipinski definition) is 1. The van der Waals surface area contributed by atoms with Crippen molar-refractivity contribution in [3.8, 4) is 0 Å². The van der Waals surface area contributed by atoms with E-state index in [9.17, 15) is 5.11 Å². The van der Waals surface area contributed by atoms with E-state index in [-0.39, 0.29) is 6.10 Å². The molecule has 0 aromatic carbocycles. The molecule has 18 heavy (non-hydrogen) atoms. The van der Waals surface area contributed by atoms with Gasteiger partial charge in [-0.15, -0.1) is 0 Å². The first-order valence-electron chi connectivity index (χ1n) is 7.58. The summed E-state index contributed by atoms with van der Waals surface area (Å²) in [5.41, 5.74) is 0. The van der Waals surface area contributed by atoms with Crippen LogP contribution in [0.4, 0.5) is 0 Å². The van der Waals surface area contributed by atoms with E-state index >= 15 is 0 Å². The highest BCUT2D eigenvalue weighted by molar-refractivity contribution is 4.80. The molecule has 0 aromatic heterocycles. The maximum absolute atomic E-state index is 10.1. The van der Waals surface area contributed by atoms with Gasteiger partial charge in [0.25, 0.3) is 0 Å². The molecule has 1 N–H and O–H groups in total. The summed E-state index contributed by atoms with van der Waals surface area (Å²) >= 11 is 0. The Balaban J connectivity index is 2.42. The Morgan fingerprint density at radius 1 is 1.11 bits per heavy atom. The second-order valence-electron chi connectivity index (χ2n) is 6.35. The van der Waals surface area contributed by atoms with Gasteiger partial charge in [-0.1, -0.05) is 13.8 Å². The van der Waals surface area contributed by atoms with Gasteiger partial charge in [-0.05, 0) is 58.2 Å². The van der Waals surface area contributed by atoms with E-state index in [2.05, 4.69) is 37.7 Å². The molecule has 108 valence electrons. The number of rotatable bonds is 7. The van der Waals surface area contributed by atoms with Crippen LogP contribution in [0.25, 0.3) is 0 Å². The van der Waals surface area contributed by atoms with Gasteiger partial charge in [0, 0.05) is 19.6 Å². The van der Waals surface area contributed by atoms with Gasteiger partial charge in [-0.2, -0.15) is 0 Å². The van der Waals surface area contributed by atoms with E-state index in [0.717, 1.165) is 38.5 Å². The summed E-state index contributed by atoms with van der Waals surface area (Å²) < 4.78 is 0. The van der Waals surface area contributed by atoms with Crippen LogP contribution in [0, 0.1) is 11.8 Å². The molecule has 3 unspecified atom stereocenters. The largest absolute Gasteiger partial charge is 0.393 e. The van der Waals surface area contributed by atoms with Crippen molar-refractivity contribution in [2.45, 2.75) is 45.6 Å². The monoisotopic (exact) mass is 256 g/mol. The number of aliphatic hydroxyl groups is 1. The number of nitrogens with zero attached hydrogens (tertiary/aromatic N) is 2. The molecular formula is C15H32N2O. The Morgan fingerprint density at radius 2 is 1.83 bits per heavy atom. The van der Waals surface area contributed by atoms with Gasteiger partial charge in [-0.3, -0.25) is 0 Å². The molecule has 0 spiro atoms. The molecule has 3 heteroatoms. The summed E-state index contributed by atoms with van der Waals surface area (Å²) in [7, 11) is 4.25. The van der Waals surface area contributed by atoms with Crippen molar-refractivity contribution in [3.63, 3.8) is 0 Å². The minimum Gasteiger partial charge on any atom is -0.393 e. The van der Waals surface area contributed by atoms with Gasteiger partial charge in [0.05, 0.1) is 6.10 Å². The van der Waals surface area contributed by atoms with Crippen molar-refractivity contribution in [1.82, 2.24) is 9.80 Å². The summed E-state index contributed by atoms with van der Waals surface area (Å²) in [6, 6.07) is 0. The summed E-state index contributed by atoms with van der Waals surface area (Å²) in [5, 5.41) is 10.1. The van der Waals surface area contributed by atoms with Crippen molar-refractivity contribution in [3.05, 3.63) is 0 Å². The van der Waals surface area contributed by atoms with Crippen molar-refractivity contribution in [2.75, 3.05) is 40.3 Å². The predicted octanol–water partition coefficient (Wildman–Crippen LogP) is 2.06. The minimum absolute atomic E-state index is 0.0695. The summed E-state index contributed by atoms with van der Waals surface area (Å²) in [6.45, 7) is 9.03. The van der Waals surface area contributed by atoms with E-state index in [1.807, 2.05) is 0 Å². The van der Waals surface area contributed by atoms with Gasteiger partial charge >= 0.3 is 0 Å². The first-order valence-corrected chi connectivity index (χ1v) is 7.58. The molecule has 0 heterocycles. The third kappa shape index (κ3) is 5.68. The van der Waals surface area contributed by atoms with Crippen molar-refractivity contribution < 1.29 is 5.11 Å². The third-order valence-corrected chi connectivity index (χ3v) is 4.10. The molecule has 3 atom stereocenters. The Labute approximate surface area is 113 Å². The lowest BCUT2D eigenvalue weighted by molar-refractivity contribution is 0.0295. The highest BCUT2D eigenvalue weighted by Gasteiger charge is 2.28. The first-order chi connectivity index (χ1) is 8.52. The minimum atomic E-state index is -0.0695. The highest BCUT2D eigenvalue weighted by atomic mass is 16.3. The average Bonchev–Trinajstić information content (AvgIpc) is 2.31. The Hall–Kier alpha value is -0.120. The van der Waals surface area contributed by atoms with Crippen LogP contribution >= 0.6 is 0 Å². The zero-order valence-electron chi connectivity index (χ0n) is 12.7. The summed E-state index contributed by atoms with van der Waals surface area (Å²) in [5.74, 6) is 1.28. The van der Waals surface area contributed by atoms with Crippen molar-refractivity contribution >= 4 is 0 Å². The molecule has 0 aliphatic heterocycles. The lowest BCUT2D eigenvalue weighted by Crippen LogP contribution is -2.41. The molecule has 1 aliphatic rings. The van der Waals surface area contributed by atoms with E-state index in [4.69, 9.17) is 0 Å². The van der Waals surface area contributed by atoms with E-state index < -0.39 is 0 Å². The summed E-state index contributed by atoms with van der Waals surface area (Å²) in [4.78, 5) is 4.77. The van der Waals surface area contributed by atoms with Gasteiger partial charge in [-0.25, -0.2) is 0 Å². The Kier molecular flexibility index (Phi) is 7.20. The molecule has 0 aromatic rings.